The number of anilines is 1. The third kappa shape index (κ3) is 7.89. The minimum absolute atomic E-state index is 0.0593. The molecule has 0 heterocycles. The molecule has 1 aromatic rings. The summed E-state index contributed by atoms with van der Waals surface area (Å²) in [7, 11) is 0. The van der Waals surface area contributed by atoms with Crippen LogP contribution in [-0.2, 0) is 4.79 Å². The van der Waals surface area contributed by atoms with Gasteiger partial charge in [-0.3, -0.25) is 4.79 Å². The number of amides is 2. The number of hydrogen-bond donors (Lipinski definition) is 3. The fourth-order valence-electron chi connectivity index (χ4n) is 2.01. The second-order valence-electron chi connectivity index (χ2n) is 6.16. The first-order chi connectivity index (χ1) is 9.65. The van der Waals surface area contributed by atoms with Gasteiger partial charge in [-0.05, 0) is 58.7 Å². The first kappa shape index (κ1) is 17.7. The lowest BCUT2D eigenvalue weighted by molar-refractivity contribution is -0.137. The zero-order valence-corrected chi connectivity index (χ0v) is 14.6. The van der Waals surface area contributed by atoms with Gasteiger partial charge in [0.2, 0.25) is 0 Å². The number of carboxylic acids is 1. The summed E-state index contributed by atoms with van der Waals surface area (Å²) in [6, 6.07) is 6.60. The Bertz CT molecular complexity index is 495. The number of nitrogens with one attached hydrogen (secondary N) is 2. The molecule has 21 heavy (non-hydrogen) atoms. The predicted molar refractivity (Wildman–Crippen MR) is 91.4 cm³/mol. The Morgan fingerprint density at radius 1 is 1.24 bits per heavy atom. The van der Waals surface area contributed by atoms with Crippen molar-refractivity contribution in [2.75, 3.05) is 5.32 Å². The van der Waals surface area contributed by atoms with E-state index in [1.807, 2.05) is 32.9 Å². The molecule has 0 aliphatic rings. The molecular weight excluding hydrogens is 383 g/mol. The number of halogens is 1. The van der Waals surface area contributed by atoms with Gasteiger partial charge in [-0.25, -0.2) is 4.79 Å². The predicted octanol–water partition coefficient (Wildman–Crippen LogP) is 3.69. The van der Waals surface area contributed by atoms with Crippen LogP contribution in [0.15, 0.2) is 24.3 Å². The maximum atomic E-state index is 12.0. The van der Waals surface area contributed by atoms with E-state index in [0.717, 1.165) is 3.57 Å². The molecule has 0 saturated heterocycles. The summed E-state index contributed by atoms with van der Waals surface area (Å²) in [5.41, 5.74) is 0.619. The van der Waals surface area contributed by atoms with Crippen molar-refractivity contribution in [3.8, 4) is 0 Å². The fraction of sp³-hybridized carbons (Fsp3) is 0.467. The van der Waals surface area contributed by atoms with E-state index in [1.54, 1.807) is 12.1 Å². The van der Waals surface area contributed by atoms with Crippen LogP contribution in [0.1, 0.15) is 33.6 Å². The Morgan fingerprint density at radius 3 is 2.29 bits per heavy atom. The van der Waals surface area contributed by atoms with Crippen LogP contribution in [0.3, 0.4) is 0 Å². The topological polar surface area (TPSA) is 78.4 Å². The summed E-state index contributed by atoms with van der Waals surface area (Å²) < 4.78 is 1.08. The standard InChI is InChI=1S/C15H21IN2O3/c1-15(2,3)9-12(8-13(19)20)18-14(21)17-11-6-4-10(16)5-7-11/h4-7,12H,8-9H2,1-3H3,(H,19,20)(H2,17,18,21). The van der Waals surface area contributed by atoms with Gasteiger partial charge in [-0.2, -0.15) is 0 Å². The number of aliphatic carboxylic acids is 1. The van der Waals surface area contributed by atoms with Crippen molar-refractivity contribution in [1.82, 2.24) is 5.32 Å². The van der Waals surface area contributed by atoms with Crippen molar-refractivity contribution in [3.63, 3.8) is 0 Å². The molecule has 1 atom stereocenters. The highest BCUT2D eigenvalue weighted by Gasteiger charge is 2.22. The molecule has 0 radical (unpaired) electrons. The highest BCUT2D eigenvalue weighted by Crippen LogP contribution is 2.22. The quantitative estimate of drug-likeness (QED) is 0.655. The second-order valence-corrected chi connectivity index (χ2v) is 7.41. The van der Waals surface area contributed by atoms with Crippen LogP contribution < -0.4 is 10.6 Å². The molecule has 0 fully saturated rings. The molecule has 0 aliphatic heterocycles. The van der Waals surface area contributed by atoms with Crippen molar-refractivity contribution in [2.24, 2.45) is 5.41 Å². The van der Waals surface area contributed by atoms with Crippen molar-refractivity contribution >= 4 is 40.3 Å². The Hall–Kier alpha value is -1.31. The number of hydrogen-bond acceptors (Lipinski definition) is 2. The average Bonchev–Trinajstić information content (AvgIpc) is 2.28. The van der Waals surface area contributed by atoms with Crippen LogP contribution in [0.5, 0.6) is 0 Å². The zero-order chi connectivity index (χ0) is 16.0. The molecule has 3 N–H and O–H groups in total. The Labute approximate surface area is 138 Å². The first-order valence-electron chi connectivity index (χ1n) is 6.70. The van der Waals surface area contributed by atoms with Crippen LogP contribution >= 0.6 is 22.6 Å². The molecule has 0 aliphatic carbocycles. The number of rotatable bonds is 5. The van der Waals surface area contributed by atoms with Crippen LogP contribution in [0.25, 0.3) is 0 Å². The van der Waals surface area contributed by atoms with Crippen molar-refractivity contribution in [2.45, 2.75) is 39.7 Å². The number of carbonyl (C=O) groups excluding carboxylic acids is 1. The molecule has 1 rings (SSSR count). The zero-order valence-electron chi connectivity index (χ0n) is 12.4. The van der Waals surface area contributed by atoms with Gasteiger partial charge in [-0.15, -0.1) is 0 Å². The number of benzene rings is 1. The largest absolute Gasteiger partial charge is 0.481 e. The SMILES string of the molecule is CC(C)(C)CC(CC(=O)O)NC(=O)Nc1ccc(I)cc1. The van der Waals surface area contributed by atoms with Crippen molar-refractivity contribution in [1.29, 1.82) is 0 Å². The van der Waals surface area contributed by atoms with Crippen molar-refractivity contribution < 1.29 is 14.7 Å². The first-order valence-corrected chi connectivity index (χ1v) is 7.78. The van der Waals surface area contributed by atoms with Gasteiger partial charge in [-0.1, -0.05) is 20.8 Å². The molecule has 6 heteroatoms. The molecule has 1 aromatic carbocycles. The van der Waals surface area contributed by atoms with Crippen LogP contribution in [-0.4, -0.2) is 23.1 Å². The molecule has 0 spiro atoms. The summed E-state index contributed by atoms with van der Waals surface area (Å²) in [5, 5.41) is 14.4. The molecule has 1 unspecified atom stereocenters. The minimum atomic E-state index is -0.918. The number of urea groups is 1. The summed E-state index contributed by atoms with van der Waals surface area (Å²) in [4.78, 5) is 22.9. The third-order valence-corrected chi connectivity index (χ3v) is 3.44. The van der Waals surface area contributed by atoms with E-state index in [1.165, 1.54) is 0 Å². The summed E-state index contributed by atoms with van der Waals surface area (Å²) >= 11 is 2.18. The van der Waals surface area contributed by atoms with E-state index in [2.05, 4.69) is 33.2 Å². The molecule has 0 bridgehead atoms. The second kappa shape index (κ2) is 7.63. The van der Waals surface area contributed by atoms with Gasteiger partial charge in [0.1, 0.15) is 0 Å². The van der Waals surface area contributed by atoms with E-state index in [0.29, 0.717) is 12.1 Å². The normalized spacial score (nSPS) is 12.6. The summed E-state index contributed by atoms with van der Waals surface area (Å²) in [6.07, 6.45) is 0.511. The van der Waals surface area contributed by atoms with Gasteiger partial charge in [0, 0.05) is 15.3 Å². The molecule has 0 saturated carbocycles. The van der Waals surface area contributed by atoms with Gasteiger partial charge < -0.3 is 15.7 Å². The van der Waals surface area contributed by atoms with E-state index < -0.39 is 12.0 Å². The molecule has 5 nitrogen and oxygen atoms in total. The van der Waals surface area contributed by atoms with Gasteiger partial charge >= 0.3 is 12.0 Å². The lowest BCUT2D eigenvalue weighted by Gasteiger charge is -2.25. The van der Waals surface area contributed by atoms with Gasteiger partial charge in [0.15, 0.2) is 0 Å². The molecule has 2 amide bonds. The van der Waals surface area contributed by atoms with E-state index in [4.69, 9.17) is 5.11 Å². The van der Waals surface area contributed by atoms with Gasteiger partial charge in [0.25, 0.3) is 0 Å². The highest BCUT2D eigenvalue weighted by atomic mass is 127. The molecule has 0 aromatic heterocycles. The monoisotopic (exact) mass is 404 g/mol. The maximum Gasteiger partial charge on any atom is 0.319 e. The molecule has 116 valence electrons. The van der Waals surface area contributed by atoms with Crippen LogP contribution in [0, 0.1) is 8.99 Å². The third-order valence-electron chi connectivity index (χ3n) is 2.72. The Kier molecular flexibility index (Phi) is 6.44. The van der Waals surface area contributed by atoms with Crippen LogP contribution in [0.4, 0.5) is 10.5 Å². The molecular formula is C15H21IN2O3. The van der Waals surface area contributed by atoms with E-state index in [-0.39, 0.29) is 17.9 Å². The highest BCUT2D eigenvalue weighted by molar-refractivity contribution is 14.1. The minimum Gasteiger partial charge on any atom is -0.481 e. The van der Waals surface area contributed by atoms with Crippen molar-refractivity contribution in [3.05, 3.63) is 27.8 Å². The number of carboxylic acid groups (broad SMARTS) is 1. The van der Waals surface area contributed by atoms with E-state index in [9.17, 15) is 9.59 Å². The smallest absolute Gasteiger partial charge is 0.319 e. The number of carbonyl (C=O) groups is 2. The Balaban J connectivity index is 2.62. The lowest BCUT2D eigenvalue weighted by Crippen LogP contribution is -2.41. The lowest BCUT2D eigenvalue weighted by atomic mass is 9.87. The summed E-state index contributed by atoms with van der Waals surface area (Å²) in [5.74, 6) is -0.918. The fourth-order valence-corrected chi connectivity index (χ4v) is 2.37. The van der Waals surface area contributed by atoms with Crippen LogP contribution in [0.2, 0.25) is 0 Å². The van der Waals surface area contributed by atoms with Gasteiger partial charge in [0.05, 0.1) is 6.42 Å². The maximum absolute atomic E-state index is 12.0. The summed E-state index contributed by atoms with van der Waals surface area (Å²) in [6.45, 7) is 6.04. The van der Waals surface area contributed by atoms with E-state index >= 15 is 0 Å². The Morgan fingerprint density at radius 2 is 1.81 bits per heavy atom. The average molecular weight is 404 g/mol.